The predicted octanol–water partition coefficient (Wildman–Crippen LogP) is -0.0354. The summed E-state index contributed by atoms with van der Waals surface area (Å²) >= 11 is 1.09. The van der Waals surface area contributed by atoms with E-state index >= 15 is 0 Å². The molecule has 180 valence electrons. The molecule has 2 heterocycles. The van der Waals surface area contributed by atoms with Crippen LogP contribution < -0.4 is 16.2 Å². The lowest BCUT2D eigenvalue weighted by Crippen LogP contribution is -2.56. The van der Waals surface area contributed by atoms with Gasteiger partial charge in [0.25, 0.3) is 0 Å². The summed E-state index contributed by atoms with van der Waals surface area (Å²) < 4.78 is 32.1. The molecule has 3 rings (SSSR count). The van der Waals surface area contributed by atoms with E-state index < -0.39 is 33.9 Å². The topological polar surface area (TPSA) is 228 Å². The fourth-order valence-electron chi connectivity index (χ4n) is 3.05. The number of hydrogen-bond donors (Lipinski definition) is 5. The molecular formula is C19H21N7O6S2. The Labute approximate surface area is 197 Å². The maximum atomic E-state index is 12.7. The maximum absolute atomic E-state index is 12.7. The SMILES string of the molecule is Cc1noc(C)c1S(=O)(=O)NC(C(=O)O)[C@H](N)C(=O)Cc1nnc(-c2ccc(C(=N)N)cc2)s1. The predicted molar refractivity (Wildman–Crippen MR) is 121 cm³/mol. The average molecular weight is 508 g/mol. The molecular weight excluding hydrogens is 486 g/mol. The van der Waals surface area contributed by atoms with Crippen LogP contribution in [-0.2, 0) is 26.0 Å². The summed E-state index contributed by atoms with van der Waals surface area (Å²) in [5, 5.41) is 29.2. The Morgan fingerprint density at radius 1 is 1.24 bits per heavy atom. The van der Waals surface area contributed by atoms with Crippen molar-refractivity contribution < 1.29 is 27.6 Å². The van der Waals surface area contributed by atoms with Gasteiger partial charge in [0, 0.05) is 11.1 Å². The van der Waals surface area contributed by atoms with Crippen LogP contribution in [0.2, 0.25) is 0 Å². The molecule has 0 amide bonds. The van der Waals surface area contributed by atoms with E-state index in [1.807, 2.05) is 4.72 Å². The first-order valence-electron chi connectivity index (χ1n) is 9.64. The minimum Gasteiger partial charge on any atom is -0.480 e. The van der Waals surface area contributed by atoms with Crippen LogP contribution in [0.4, 0.5) is 0 Å². The summed E-state index contributed by atoms with van der Waals surface area (Å²) in [5.74, 6) is -2.49. The third-order valence-electron chi connectivity index (χ3n) is 4.75. The summed E-state index contributed by atoms with van der Waals surface area (Å²) in [6.45, 7) is 2.74. The zero-order valence-corrected chi connectivity index (χ0v) is 19.6. The summed E-state index contributed by atoms with van der Waals surface area (Å²) in [7, 11) is -4.38. The molecule has 7 N–H and O–H groups in total. The Hall–Kier alpha value is -3.53. The fraction of sp³-hybridized carbons (Fsp3) is 0.263. The number of sulfonamides is 1. The van der Waals surface area contributed by atoms with Gasteiger partial charge in [0.1, 0.15) is 32.5 Å². The second-order valence-corrected chi connectivity index (χ2v) is 9.96. The van der Waals surface area contributed by atoms with Crippen LogP contribution >= 0.6 is 11.3 Å². The van der Waals surface area contributed by atoms with Crippen molar-refractivity contribution in [2.45, 2.75) is 37.2 Å². The van der Waals surface area contributed by atoms with Gasteiger partial charge in [-0.3, -0.25) is 15.0 Å². The van der Waals surface area contributed by atoms with Gasteiger partial charge in [-0.05, 0) is 13.8 Å². The van der Waals surface area contributed by atoms with Crippen LogP contribution in [0, 0.1) is 19.3 Å². The monoisotopic (exact) mass is 507 g/mol. The van der Waals surface area contributed by atoms with Crippen molar-refractivity contribution in [3.8, 4) is 10.6 Å². The number of nitrogens with zero attached hydrogens (tertiary/aromatic N) is 3. The van der Waals surface area contributed by atoms with Gasteiger partial charge in [0.05, 0.1) is 12.5 Å². The standard InChI is InChI=1S/C19H21N7O6S2/c1-8-16(9(2)32-25-8)34(30,31)26-15(19(28)29)14(20)12(27)7-13-23-24-18(33-13)11-5-3-10(4-6-11)17(21)22/h3-6,14-15,26H,7,20H2,1-2H3,(H3,21,22)(H,28,29)/t14-,15?/m1/s1. The highest BCUT2D eigenvalue weighted by Gasteiger charge is 2.37. The van der Waals surface area contributed by atoms with Gasteiger partial charge in [0.15, 0.2) is 11.5 Å². The number of rotatable bonds is 10. The minimum absolute atomic E-state index is 0.0340. The van der Waals surface area contributed by atoms with Crippen LogP contribution in [0.15, 0.2) is 33.7 Å². The number of carboxylic acids is 1. The Kier molecular flexibility index (Phi) is 7.21. The van der Waals surface area contributed by atoms with E-state index in [9.17, 15) is 23.1 Å². The van der Waals surface area contributed by atoms with Crippen molar-refractivity contribution in [1.82, 2.24) is 20.1 Å². The van der Waals surface area contributed by atoms with Crippen LogP contribution in [-0.4, -0.2) is 58.6 Å². The second-order valence-electron chi connectivity index (χ2n) is 7.25. The van der Waals surface area contributed by atoms with Crippen molar-refractivity contribution >= 4 is 38.9 Å². The van der Waals surface area contributed by atoms with Crippen LogP contribution in [0.5, 0.6) is 0 Å². The molecule has 13 nitrogen and oxygen atoms in total. The number of Topliss-reactive ketones (excluding diaryl/α,β-unsaturated/α-hetero) is 1. The zero-order valence-electron chi connectivity index (χ0n) is 18.0. The molecule has 0 spiro atoms. The molecule has 0 aliphatic rings. The average Bonchev–Trinajstić information content (AvgIpc) is 3.37. The number of aliphatic carboxylic acids is 1. The molecule has 1 aromatic carbocycles. The van der Waals surface area contributed by atoms with E-state index in [1.54, 1.807) is 24.3 Å². The molecule has 3 aromatic rings. The quantitative estimate of drug-likeness (QED) is 0.181. The van der Waals surface area contributed by atoms with E-state index in [1.165, 1.54) is 13.8 Å². The molecule has 2 atom stereocenters. The number of amidine groups is 1. The number of hydrogen-bond acceptors (Lipinski definition) is 11. The number of nitrogens with two attached hydrogens (primary N) is 2. The normalized spacial score (nSPS) is 13.4. The van der Waals surface area contributed by atoms with E-state index in [0.717, 1.165) is 11.3 Å². The van der Waals surface area contributed by atoms with Gasteiger partial charge in [0.2, 0.25) is 10.0 Å². The number of aryl methyl sites for hydroxylation is 2. The van der Waals surface area contributed by atoms with Crippen LogP contribution in [0.1, 0.15) is 22.0 Å². The lowest BCUT2D eigenvalue weighted by molar-refractivity contribution is -0.141. The van der Waals surface area contributed by atoms with E-state index in [-0.39, 0.29) is 33.6 Å². The first-order chi connectivity index (χ1) is 15.9. The third kappa shape index (κ3) is 5.33. The molecule has 1 unspecified atom stereocenters. The lowest BCUT2D eigenvalue weighted by atomic mass is 10.0. The van der Waals surface area contributed by atoms with Crippen molar-refractivity contribution in [3.63, 3.8) is 0 Å². The number of carbonyl (C=O) groups excluding carboxylic acids is 1. The van der Waals surface area contributed by atoms with Crippen molar-refractivity contribution in [2.24, 2.45) is 11.5 Å². The molecule has 15 heteroatoms. The Balaban J connectivity index is 1.74. The molecule has 0 bridgehead atoms. The second kappa shape index (κ2) is 9.76. The van der Waals surface area contributed by atoms with Crippen LogP contribution in [0.3, 0.4) is 0 Å². The highest BCUT2D eigenvalue weighted by molar-refractivity contribution is 7.89. The largest absolute Gasteiger partial charge is 0.480 e. The smallest absolute Gasteiger partial charge is 0.323 e. The summed E-state index contributed by atoms with van der Waals surface area (Å²) in [5.41, 5.74) is 12.5. The van der Waals surface area contributed by atoms with Crippen molar-refractivity contribution in [2.75, 3.05) is 0 Å². The number of aromatic nitrogens is 3. The Bertz CT molecular complexity index is 1330. The third-order valence-corrected chi connectivity index (χ3v) is 7.41. The highest BCUT2D eigenvalue weighted by Crippen LogP contribution is 2.24. The number of benzene rings is 1. The number of carboxylic acid groups (broad SMARTS) is 1. The van der Waals surface area contributed by atoms with Crippen molar-refractivity contribution in [1.29, 1.82) is 5.41 Å². The maximum Gasteiger partial charge on any atom is 0.323 e. The van der Waals surface area contributed by atoms with Crippen molar-refractivity contribution in [3.05, 3.63) is 46.3 Å². The molecule has 0 aliphatic heterocycles. The van der Waals surface area contributed by atoms with Gasteiger partial charge in [-0.15, -0.1) is 10.2 Å². The number of carbonyl (C=O) groups is 2. The first-order valence-corrected chi connectivity index (χ1v) is 11.9. The first kappa shape index (κ1) is 25.1. The molecule has 2 aromatic heterocycles. The summed E-state index contributed by atoms with van der Waals surface area (Å²) in [6.07, 6.45) is -0.346. The molecule has 0 aliphatic carbocycles. The number of ketones is 1. The Morgan fingerprint density at radius 3 is 2.41 bits per heavy atom. The number of nitrogen functional groups attached to an aromatic ring is 1. The fourth-order valence-corrected chi connectivity index (χ4v) is 5.44. The van der Waals surface area contributed by atoms with Crippen LogP contribution in [0.25, 0.3) is 10.6 Å². The van der Waals surface area contributed by atoms with E-state index in [2.05, 4.69) is 15.4 Å². The lowest BCUT2D eigenvalue weighted by Gasteiger charge is -2.20. The molecule has 0 saturated carbocycles. The van der Waals surface area contributed by atoms with Gasteiger partial charge < -0.3 is 21.1 Å². The summed E-state index contributed by atoms with van der Waals surface area (Å²) in [4.78, 5) is 24.1. The van der Waals surface area contributed by atoms with Gasteiger partial charge in [-0.2, -0.15) is 4.72 Å². The van der Waals surface area contributed by atoms with Gasteiger partial charge >= 0.3 is 5.97 Å². The minimum atomic E-state index is -4.38. The zero-order chi connectivity index (χ0) is 25.2. The Morgan fingerprint density at radius 2 is 1.88 bits per heavy atom. The number of nitrogens with one attached hydrogen (secondary N) is 2. The van der Waals surface area contributed by atoms with Gasteiger partial charge in [-0.1, -0.05) is 40.8 Å². The molecule has 34 heavy (non-hydrogen) atoms. The highest BCUT2D eigenvalue weighted by atomic mass is 32.2. The molecule has 0 fully saturated rings. The van der Waals surface area contributed by atoms with E-state index in [4.69, 9.17) is 21.4 Å². The summed E-state index contributed by atoms with van der Waals surface area (Å²) in [6, 6.07) is 3.04. The van der Waals surface area contributed by atoms with E-state index in [0.29, 0.717) is 16.1 Å². The van der Waals surface area contributed by atoms with Gasteiger partial charge in [-0.25, -0.2) is 8.42 Å². The molecule has 0 radical (unpaired) electrons. The molecule has 0 saturated heterocycles.